The third-order valence-electron chi connectivity index (χ3n) is 6.01. The van der Waals surface area contributed by atoms with Crippen molar-refractivity contribution in [2.75, 3.05) is 39.2 Å². The lowest BCUT2D eigenvalue weighted by atomic mass is 9.73. The van der Waals surface area contributed by atoms with Crippen molar-refractivity contribution in [3.8, 4) is 5.75 Å². The maximum atomic E-state index is 13.4. The maximum absolute atomic E-state index is 13.4. The summed E-state index contributed by atoms with van der Waals surface area (Å²) >= 11 is 0. The molecule has 1 saturated heterocycles. The smallest absolute Gasteiger partial charge is 0.253 e. The van der Waals surface area contributed by atoms with Gasteiger partial charge in [0.25, 0.3) is 5.91 Å². The summed E-state index contributed by atoms with van der Waals surface area (Å²) in [7, 11) is 3.44. The molecule has 3 rings (SSSR count). The number of anilines is 1. The third-order valence-corrected chi connectivity index (χ3v) is 6.01. The highest BCUT2D eigenvalue weighted by molar-refractivity contribution is 6.00. The molecule has 2 aromatic rings. The monoisotopic (exact) mass is 424 g/mol. The number of methoxy groups -OCH3 is 1. The van der Waals surface area contributed by atoms with E-state index in [1.165, 1.54) is 0 Å². The van der Waals surface area contributed by atoms with E-state index >= 15 is 0 Å². The Morgan fingerprint density at radius 1 is 1.06 bits per heavy atom. The number of carbonyl (C=O) groups is 2. The van der Waals surface area contributed by atoms with Gasteiger partial charge in [-0.25, -0.2) is 0 Å². The Balaban J connectivity index is 1.75. The van der Waals surface area contributed by atoms with Crippen molar-refractivity contribution in [2.45, 2.75) is 38.0 Å². The predicted octanol–water partition coefficient (Wildman–Crippen LogP) is 4.25. The quantitative estimate of drug-likeness (QED) is 0.688. The second-order valence-electron chi connectivity index (χ2n) is 8.03. The first kappa shape index (κ1) is 22.8. The van der Waals surface area contributed by atoms with Gasteiger partial charge in [-0.2, -0.15) is 0 Å². The molecule has 166 valence electrons. The number of nitrogens with zero attached hydrogens (tertiary/aromatic N) is 1. The lowest BCUT2D eigenvalue weighted by molar-refractivity contribution is -0.125. The number of amides is 2. The van der Waals surface area contributed by atoms with Crippen molar-refractivity contribution in [1.29, 1.82) is 0 Å². The fraction of sp³-hybridized carbons (Fsp3) is 0.440. The lowest BCUT2D eigenvalue weighted by Gasteiger charge is -2.36. The van der Waals surface area contributed by atoms with Crippen LogP contribution in [-0.4, -0.2) is 50.6 Å². The largest absolute Gasteiger partial charge is 0.497 e. The second-order valence-corrected chi connectivity index (χ2v) is 8.03. The first-order valence-corrected chi connectivity index (χ1v) is 10.9. The van der Waals surface area contributed by atoms with Crippen LogP contribution in [0.1, 0.15) is 48.5 Å². The molecule has 1 heterocycles. The molecule has 31 heavy (non-hydrogen) atoms. The summed E-state index contributed by atoms with van der Waals surface area (Å²) in [5.74, 6) is 0.695. The van der Waals surface area contributed by atoms with E-state index in [1.807, 2.05) is 31.3 Å². The summed E-state index contributed by atoms with van der Waals surface area (Å²) in [6, 6.07) is 14.8. The van der Waals surface area contributed by atoms with Gasteiger partial charge in [0.1, 0.15) is 5.75 Å². The number of hydrogen-bond donors (Lipinski definition) is 1. The molecular weight excluding hydrogens is 392 g/mol. The summed E-state index contributed by atoms with van der Waals surface area (Å²) in [4.78, 5) is 27.7. The Bertz CT molecular complexity index is 871. The predicted molar refractivity (Wildman–Crippen MR) is 122 cm³/mol. The van der Waals surface area contributed by atoms with E-state index in [-0.39, 0.29) is 11.8 Å². The number of carbonyl (C=O) groups excluding carboxylic acids is 2. The van der Waals surface area contributed by atoms with Gasteiger partial charge in [0.15, 0.2) is 0 Å². The van der Waals surface area contributed by atoms with Crippen LogP contribution in [0.5, 0.6) is 5.75 Å². The molecule has 0 atom stereocenters. The molecule has 1 aliphatic heterocycles. The highest BCUT2D eigenvalue weighted by Crippen LogP contribution is 2.37. The van der Waals surface area contributed by atoms with Gasteiger partial charge in [-0.3, -0.25) is 9.59 Å². The van der Waals surface area contributed by atoms with Crippen molar-refractivity contribution < 1.29 is 19.1 Å². The molecule has 6 nitrogen and oxygen atoms in total. The molecule has 0 spiro atoms. The fourth-order valence-corrected chi connectivity index (χ4v) is 3.94. The summed E-state index contributed by atoms with van der Waals surface area (Å²) in [6.07, 6.45) is 3.25. The minimum absolute atomic E-state index is 0.00883. The van der Waals surface area contributed by atoms with Crippen LogP contribution >= 0.6 is 0 Å². The summed E-state index contributed by atoms with van der Waals surface area (Å²) in [5, 5.41) is 3.06. The summed E-state index contributed by atoms with van der Waals surface area (Å²) < 4.78 is 10.8. The molecule has 0 unspecified atom stereocenters. The molecule has 0 saturated carbocycles. The minimum Gasteiger partial charge on any atom is -0.497 e. The second kappa shape index (κ2) is 10.4. The van der Waals surface area contributed by atoms with Crippen LogP contribution in [-0.2, 0) is 14.9 Å². The van der Waals surface area contributed by atoms with Gasteiger partial charge in [0.05, 0.1) is 12.5 Å². The topological polar surface area (TPSA) is 67.9 Å². The van der Waals surface area contributed by atoms with Crippen molar-refractivity contribution >= 4 is 17.5 Å². The van der Waals surface area contributed by atoms with Crippen LogP contribution < -0.4 is 10.1 Å². The summed E-state index contributed by atoms with van der Waals surface area (Å²) in [5.41, 5.74) is 1.60. The molecule has 0 radical (unpaired) electrons. The van der Waals surface area contributed by atoms with E-state index in [1.54, 1.807) is 36.3 Å². The first-order chi connectivity index (χ1) is 15.0. The summed E-state index contributed by atoms with van der Waals surface area (Å²) in [6.45, 7) is 3.92. The van der Waals surface area contributed by atoms with Crippen LogP contribution in [0.3, 0.4) is 0 Å². The SMILES string of the molecule is CCCCN(C)C(=O)c1ccc(NC(=O)C2(c3ccc(OC)cc3)CCOCC2)cc1. The zero-order valence-corrected chi connectivity index (χ0v) is 18.6. The van der Waals surface area contributed by atoms with E-state index in [0.29, 0.717) is 37.3 Å². The van der Waals surface area contributed by atoms with Crippen molar-refractivity contribution in [3.63, 3.8) is 0 Å². The van der Waals surface area contributed by atoms with Crippen molar-refractivity contribution in [1.82, 2.24) is 4.90 Å². The minimum atomic E-state index is -0.653. The molecule has 1 aliphatic rings. The van der Waals surface area contributed by atoms with Crippen LogP contribution in [0, 0.1) is 0 Å². The Morgan fingerprint density at radius 3 is 2.29 bits per heavy atom. The standard InChI is InChI=1S/C25H32N2O4/c1-4-5-16-27(2)23(28)19-6-10-21(11-7-19)26-24(29)25(14-17-31-18-15-25)20-8-12-22(30-3)13-9-20/h6-13H,4-5,14-18H2,1-3H3,(H,26,29). The van der Waals surface area contributed by atoms with Crippen molar-refractivity contribution in [3.05, 3.63) is 59.7 Å². The van der Waals surface area contributed by atoms with E-state index in [4.69, 9.17) is 9.47 Å². The molecule has 1 fully saturated rings. The van der Waals surface area contributed by atoms with Gasteiger partial charge in [0.2, 0.25) is 5.91 Å². The van der Waals surface area contributed by atoms with Crippen LogP contribution in [0.4, 0.5) is 5.69 Å². The average Bonchev–Trinajstić information content (AvgIpc) is 2.83. The van der Waals surface area contributed by atoms with Crippen LogP contribution in [0.2, 0.25) is 0 Å². The highest BCUT2D eigenvalue weighted by atomic mass is 16.5. The zero-order chi connectivity index (χ0) is 22.3. The van der Waals surface area contributed by atoms with Gasteiger partial charge in [-0.05, 0) is 61.2 Å². The van der Waals surface area contributed by atoms with E-state index in [0.717, 1.165) is 30.7 Å². The van der Waals surface area contributed by atoms with E-state index in [9.17, 15) is 9.59 Å². The molecule has 0 aliphatic carbocycles. The van der Waals surface area contributed by atoms with Crippen molar-refractivity contribution in [2.24, 2.45) is 0 Å². The lowest BCUT2D eigenvalue weighted by Crippen LogP contribution is -2.44. The van der Waals surface area contributed by atoms with Gasteiger partial charge >= 0.3 is 0 Å². The van der Waals surface area contributed by atoms with E-state index < -0.39 is 5.41 Å². The molecule has 2 aromatic carbocycles. The number of rotatable bonds is 8. The maximum Gasteiger partial charge on any atom is 0.253 e. The Morgan fingerprint density at radius 2 is 1.71 bits per heavy atom. The van der Waals surface area contributed by atoms with E-state index in [2.05, 4.69) is 12.2 Å². The van der Waals surface area contributed by atoms with Gasteiger partial charge in [-0.15, -0.1) is 0 Å². The molecular formula is C25H32N2O4. The normalized spacial score (nSPS) is 15.2. The Labute approximate surface area is 184 Å². The third kappa shape index (κ3) is 5.25. The molecule has 6 heteroatoms. The zero-order valence-electron chi connectivity index (χ0n) is 18.6. The number of benzene rings is 2. The van der Waals surface area contributed by atoms with Gasteiger partial charge < -0.3 is 19.7 Å². The van der Waals surface area contributed by atoms with Gasteiger partial charge in [-0.1, -0.05) is 25.5 Å². The number of nitrogens with one attached hydrogen (secondary N) is 1. The van der Waals surface area contributed by atoms with Crippen LogP contribution in [0.25, 0.3) is 0 Å². The Hall–Kier alpha value is -2.86. The molecule has 2 amide bonds. The molecule has 0 bridgehead atoms. The van der Waals surface area contributed by atoms with Crippen LogP contribution in [0.15, 0.2) is 48.5 Å². The number of unbranched alkanes of at least 4 members (excludes halogenated alkanes) is 1. The number of ether oxygens (including phenoxy) is 2. The molecule has 1 N–H and O–H groups in total. The average molecular weight is 425 g/mol. The Kier molecular flexibility index (Phi) is 7.69. The first-order valence-electron chi connectivity index (χ1n) is 10.9. The number of hydrogen-bond acceptors (Lipinski definition) is 4. The molecule has 0 aromatic heterocycles. The fourth-order valence-electron chi connectivity index (χ4n) is 3.94. The van der Waals surface area contributed by atoms with Gasteiger partial charge in [0, 0.05) is 38.1 Å². The highest BCUT2D eigenvalue weighted by Gasteiger charge is 2.41.